The SMILES string of the molecule is CCOC(=O)C1(NCC2CC2)CCN2CCC1C2. The predicted molar refractivity (Wildman–Crippen MR) is 69.3 cm³/mol. The van der Waals surface area contributed by atoms with Crippen molar-refractivity contribution in [2.45, 2.75) is 38.1 Å². The van der Waals surface area contributed by atoms with Gasteiger partial charge in [-0.15, -0.1) is 0 Å². The first-order valence-corrected chi connectivity index (χ1v) is 7.39. The number of carbonyl (C=O) groups excluding carboxylic acids is 1. The number of fused-ring (bicyclic) bond motifs is 2. The molecule has 102 valence electrons. The zero-order valence-corrected chi connectivity index (χ0v) is 11.3. The van der Waals surface area contributed by atoms with Gasteiger partial charge >= 0.3 is 5.97 Å². The minimum absolute atomic E-state index is 0.00259. The molecule has 0 aromatic carbocycles. The van der Waals surface area contributed by atoms with E-state index in [4.69, 9.17) is 4.74 Å². The van der Waals surface area contributed by atoms with Crippen LogP contribution in [0.1, 0.15) is 32.6 Å². The van der Waals surface area contributed by atoms with E-state index in [1.54, 1.807) is 0 Å². The highest BCUT2D eigenvalue weighted by molar-refractivity contribution is 5.81. The summed E-state index contributed by atoms with van der Waals surface area (Å²) in [5.41, 5.74) is -0.383. The summed E-state index contributed by atoms with van der Waals surface area (Å²) >= 11 is 0. The summed E-state index contributed by atoms with van der Waals surface area (Å²) in [6, 6.07) is 0. The van der Waals surface area contributed by atoms with Crippen LogP contribution in [0.2, 0.25) is 0 Å². The summed E-state index contributed by atoms with van der Waals surface area (Å²) in [5.74, 6) is 1.25. The molecular weight excluding hydrogens is 228 g/mol. The second-order valence-electron chi connectivity index (χ2n) is 6.05. The highest BCUT2D eigenvalue weighted by atomic mass is 16.5. The molecule has 0 amide bonds. The molecule has 4 heteroatoms. The Kier molecular flexibility index (Phi) is 3.32. The van der Waals surface area contributed by atoms with E-state index in [0.717, 1.165) is 44.9 Å². The number of nitrogens with one attached hydrogen (secondary N) is 1. The van der Waals surface area contributed by atoms with Gasteiger partial charge in [0.05, 0.1) is 6.61 Å². The average Bonchev–Trinajstić information content (AvgIpc) is 3.12. The van der Waals surface area contributed by atoms with Crippen molar-refractivity contribution >= 4 is 5.97 Å². The molecule has 1 saturated carbocycles. The molecule has 2 heterocycles. The van der Waals surface area contributed by atoms with Crippen molar-refractivity contribution in [3.05, 3.63) is 0 Å². The maximum absolute atomic E-state index is 12.4. The lowest BCUT2D eigenvalue weighted by Gasteiger charge is -2.41. The van der Waals surface area contributed by atoms with Crippen molar-refractivity contribution < 1.29 is 9.53 Å². The molecule has 1 N–H and O–H groups in total. The van der Waals surface area contributed by atoms with E-state index in [9.17, 15) is 4.79 Å². The second kappa shape index (κ2) is 4.82. The van der Waals surface area contributed by atoms with Crippen LogP contribution < -0.4 is 5.32 Å². The van der Waals surface area contributed by atoms with Crippen molar-refractivity contribution in [2.75, 3.05) is 32.8 Å². The largest absolute Gasteiger partial charge is 0.465 e. The standard InChI is InChI=1S/C14H24N2O2/c1-2-18-13(17)14(15-9-11-3-4-11)6-8-16-7-5-12(14)10-16/h11-12,15H,2-10H2,1H3. The van der Waals surface area contributed by atoms with Gasteiger partial charge in [0.25, 0.3) is 0 Å². The number of nitrogens with zero attached hydrogens (tertiary/aromatic N) is 1. The van der Waals surface area contributed by atoms with Gasteiger partial charge in [-0.05, 0) is 51.6 Å². The van der Waals surface area contributed by atoms with Crippen molar-refractivity contribution in [1.82, 2.24) is 10.2 Å². The van der Waals surface area contributed by atoms with Gasteiger partial charge in [-0.2, -0.15) is 0 Å². The molecule has 4 nitrogen and oxygen atoms in total. The molecular formula is C14H24N2O2. The summed E-state index contributed by atoms with van der Waals surface area (Å²) in [6.45, 7) is 6.63. The summed E-state index contributed by atoms with van der Waals surface area (Å²) in [6.07, 6.45) is 4.70. The fourth-order valence-corrected chi connectivity index (χ4v) is 3.46. The lowest BCUT2D eigenvalue weighted by atomic mass is 9.78. The van der Waals surface area contributed by atoms with Gasteiger partial charge in [0.2, 0.25) is 0 Å². The number of esters is 1. The van der Waals surface area contributed by atoms with Crippen LogP contribution in [0.15, 0.2) is 0 Å². The number of hydrogen-bond donors (Lipinski definition) is 1. The second-order valence-corrected chi connectivity index (χ2v) is 6.05. The highest BCUT2D eigenvalue weighted by Crippen LogP contribution is 2.38. The van der Waals surface area contributed by atoms with E-state index >= 15 is 0 Å². The molecule has 0 aromatic rings. The first-order valence-electron chi connectivity index (χ1n) is 7.39. The highest BCUT2D eigenvalue weighted by Gasteiger charge is 2.52. The van der Waals surface area contributed by atoms with Crippen LogP contribution in [0.25, 0.3) is 0 Å². The number of hydrogen-bond acceptors (Lipinski definition) is 4. The Labute approximate surface area is 109 Å². The molecule has 2 saturated heterocycles. The third-order valence-electron chi connectivity index (χ3n) is 4.83. The maximum Gasteiger partial charge on any atom is 0.326 e. The fourth-order valence-electron chi connectivity index (χ4n) is 3.46. The molecule has 3 aliphatic rings. The van der Waals surface area contributed by atoms with E-state index in [2.05, 4.69) is 10.2 Å². The lowest BCUT2D eigenvalue weighted by molar-refractivity contribution is -0.155. The Morgan fingerprint density at radius 1 is 1.39 bits per heavy atom. The van der Waals surface area contributed by atoms with Gasteiger partial charge in [0.1, 0.15) is 5.54 Å². The Morgan fingerprint density at radius 3 is 2.94 bits per heavy atom. The van der Waals surface area contributed by atoms with Gasteiger partial charge in [-0.1, -0.05) is 0 Å². The molecule has 1 aliphatic carbocycles. The van der Waals surface area contributed by atoms with Gasteiger partial charge in [0, 0.05) is 19.0 Å². The van der Waals surface area contributed by atoms with E-state index in [0.29, 0.717) is 12.5 Å². The summed E-state index contributed by atoms with van der Waals surface area (Å²) in [5, 5.41) is 3.61. The molecule has 3 unspecified atom stereocenters. The molecule has 0 radical (unpaired) electrons. The van der Waals surface area contributed by atoms with Gasteiger partial charge in [0.15, 0.2) is 0 Å². The van der Waals surface area contributed by atoms with Crippen LogP contribution in [0.4, 0.5) is 0 Å². The van der Waals surface area contributed by atoms with E-state index in [1.807, 2.05) is 6.92 Å². The van der Waals surface area contributed by atoms with Crippen molar-refractivity contribution in [2.24, 2.45) is 11.8 Å². The van der Waals surface area contributed by atoms with Crippen LogP contribution in [0.3, 0.4) is 0 Å². The third kappa shape index (κ3) is 2.16. The topological polar surface area (TPSA) is 41.6 Å². The molecule has 18 heavy (non-hydrogen) atoms. The number of ether oxygens (including phenoxy) is 1. The van der Waals surface area contributed by atoms with Gasteiger partial charge < -0.3 is 15.0 Å². The fraction of sp³-hybridized carbons (Fsp3) is 0.929. The zero-order chi connectivity index (χ0) is 12.6. The minimum Gasteiger partial charge on any atom is -0.465 e. The van der Waals surface area contributed by atoms with E-state index in [1.165, 1.54) is 12.8 Å². The summed E-state index contributed by atoms with van der Waals surface area (Å²) in [7, 11) is 0. The van der Waals surface area contributed by atoms with Crippen LogP contribution in [-0.4, -0.2) is 49.2 Å². The van der Waals surface area contributed by atoms with Crippen LogP contribution in [0.5, 0.6) is 0 Å². The van der Waals surface area contributed by atoms with Crippen molar-refractivity contribution in [1.29, 1.82) is 0 Å². The van der Waals surface area contributed by atoms with Crippen molar-refractivity contribution in [3.8, 4) is 0 Å². The first kappa shape index (κ1) is 12.4. The van der Waals surface area contributed by atoms with Crippen LogP contribution >= 0.6 is 0 Å². The molecule has 3 rings (SSSR count). The number of rotatable bonds is 5. The monoisotopic (exact) mass is 252 g/mol. The zero-order valence-electron chi connectivity index (χ0n) is 11.3. The summed E-state index contributed by atoms with van der Waals surface area (Å²) < 4.78 is 5.37. The van der Waals surface area contributed by atoms with Gasteiger partial charge in [-0.3, -0.25) is 4.79 Å². The normalized spacial score (nSPS) is 38.7. The lowest BCUT2D eigenvalue weighted by Crippen LogP contribution is -2.62. The molecule has 3 atom stereocenters. The minimum atomic E-state index is -0.383. The Morgan fingerprint density at radius 2 is 2.22 bits per heavy atom. The van der Waals surface area contributed by atoms with Crippen LogP contribution in [0, 0.1) is 11.8 Å². The maximum atomic E-state index is 12.4. The molecule has 2 bridgehead atoms. The summed E-state index contributed by atoms with van der Waals surface area (Å²) in [4.78, 5) is 14.9. The molecule has 0 aromatic heterocycles. The first-order chi connectivity index (χ1) is 8.74. The Bertz CT molecular complexity index is 330. The Balaban J connectivity index is 1.74. The van der Waals surface area contributed by atoms with E-state index < -0.39 is 0 Å². The predicted octanol–water partition coefficient (Wildman–Crippen LogP) is 1.01. The molecule has 2 aliphatic heterocycles. The quantitative estimate of drug-likeness (QED) is 0.742. The third-order valence-corrected chi connectivity index (χ3v) is 4.83. The molecule has 0 spiro atoms. The van der Waals surface area contributed by atoms with Crippen molar-refractivity contribution in [3.63, 3.8) is 0 Å². The number of carbonyl (C=O) groups is 1. The smallest absolute Gasteiger partial charge is 0.326 e. The van der Waals surface area contributed by atoms with Crippen LogP contribution in [-0.2, 0) is 9.53 Å². The number of piperidine rings is 1. The van der Waals surface area contributed by atoms with E-state index in [-0.39, 0.29) is 11.5 Å². The average molecular weight is 252 g/mol. The van der Waals surface area contributed by atoms with Gasteiger partial charge in [-0.25, -0.2) is 0 Å². The Hall–Kier alpha value is -0.610. The molecule has 3 fully saturated rings.